The van der Waals surface area contributed by atoms with Crippen LogP contribution >= 0.6 is 23.6 Å². The van der Waals surface area contributed by atoms with Gasteiger partial charge in [0.25, 0.3) is 0 Å². The average Bonchev–Trinajstić information content (AvgIpc) is 2.70. The SMILES string of the molecule is CC(C)c1cc(-c2n[nH]c(=S)s2)n[nH]1. The Balaban J connectivity index is 2.38. The fraction of sp³-hybridized carbons (Fsp3) is 0.375. The van der Waals surface area contributed by atoms with Crippen LogP contribution in [0.5, 0.6) is 0 Å². The van der Waals surface area contributed by atoms with E-state index in [1.54, 1.807) is 0 Å². The second-order valence-corrected chi connectivity index (χ2v) is 4.95. The largest absolute Gasteiger partial charge is 0.282 e. The summed E-state index contributed by atoms with van der Waals surface area (Å²) in [7, 11) is 0. The van der Waals surface area contributed by atoms with Crippen molar-refractivity contribution >= 4 is 23.6 Å². The lowest BCUT2D eigenvalue weighted by Gasteiger charge is -1.95. The summed E-state index contributed by atoms with van der Waals surface area (Å²) in [5, 5.41) is 14.8. The van der Waals surface area contributed by atoms with Crippen LogP contribution in [-0.4, -0.2) is 20.4 Å². The molecule has 2 N–H and O–H groups in total. The van der Waals surface area contributed by atoms with Gasteiger partial charge >= 0.3 is 0 Å². The van der Waals surface area contributed by atoms with Crippen LogP contribution < -0.4 is 0 Å². The topological polar surface area (TPSA) is 57.4 Å². The molecule has 0 aliphatic rings. The lowest BCUT2D eigenvalue weighted by atomic mass is 10.1. The molecule has 2 aromatic rings. The Morgan fingerprint density at radius 2 is 2.14 bits per heavy atom. The molecule has 0 aliphatic heterocycles. The van der Waals surface area contributed by atoms with Crippen molar-refractivity contribution in [1.29, 1.82) is 0 Å². The Hall–Kier alpha value is -1.01. The van der Waals surface area contributed by atoms with Crippen molar-refractivity contribution in [3.63, 3.8) is 0 Å². The highest BCUT2D eigenvalue weighted by atomic mass is 32.1. The number of nitrogens with one attached hydrogen (secondary N) is 2. The lowest BCUT2D eigenvalue weighted by Crippen LogP contribution is -1.85. The third-order valence-corrected chi connectivity index (χ3v) is 2.99. The number of aromatic nitrogens is 4. The summed E-state index contributed by atoms with van der Waals surface area (Å²) in [6.07, 6.45) is 0. The smallest absolute Gasteiger partial charge is 0.176 e. The fourth-order valence-electron chi connectivity index (χ4n) is 1.08. The summed E-state index contributed by atoms with van der Waals surface area (Å²) in [4.78, 5) is 0. The lowest BCUT2D eigenvalue weighted by molar-refractivity contribution is 0.811. The zero-order chi connectivity index (χ0) is 10.1. The van der Waals surface area contributed by atoms with Crippen LogP contribution in [0.4, 0.5) is 0 Å². The van der Waals surface area contributed by atoms with E-state index in [1.807, 2.05) is 6.07 Å². The van der Waals surface area contributed by atoms with Gasteiger partial charge in [0, 0.05) is 5.69 Å². The predicted octanol–water partition coefficient (Wildman–Crippen LogP) is 2.71. The summed E-state index contributed by atoms with van der Waals surface area (Å²) in [5.41, 5.74) is 1.96. The molecule has 0 atom stereocenters. The predicted molar refractivity (Wildman–Crippen MR) is 59.0 cm³/mol. The molecule has 0 aromatic carbocycles. The monoisotopic (exact) mass is 226 g/mol. The molecule has 0 unspecified atom stereocenters. The third-order valence-electron chi connectivity index (χ3n) is 1.88. The number of rotatable bonds is 2. The fourth-order valence-corrected chi connectivity index (χ4v) is 1.93. The van der Waals surface area contributed by atoms with Gasteiger partial charge in [-0.05, 0) is 24.2 Å². The van der Waals surface area contributed by atoms with Gasteiger partial charge in [-0.1, -0.05) is 25.2 Å². The molecule has 14 heavy (non-hydrogen) atoms. The van der Waals surface area contributed by atoms with Crippen LogP contribution in [0.15, 0.2) is 6.07 Å². The zero-order valence-electron chi connectivity index (χ0n) is 7.87. The van der Waals surface area contributed by atoms with Gasteiger partial charge in [0.1, 0.15) is 5.69 Å². The summed E-state index contributed by atoms with van der Waals surface area (Å²) < 4.78 is 0.675. The molecule has 2 aromatic heterocycles. The Bertz CT molecular complexity index is 479. The van der Waals surface area contributed by atoms with Crippen LogP contribution in [0.25, 0.3) is 10.7 Å². The van der Waals surface area contributed by atoms with Gasteiger partial charge in [-0.25, -0.2) is 0 Å². The molecule has 0 saturated heterocycles. The van der Waals surface area contributed by atoms with Crippen LogP contribution in [0.1, 0.15) is 25.5 Å². The van der Waals surface area contributed by atoms with E-state index in [0.29, 0.717) is 9.87 Å². The Labute approximate surface area is 90.4 Å². The van der Waals surface area contributed by atoms with Crippen molar-refractivity contribution in [3.05, 3.63) is 15.7 Å². The van der Waals surface area contributed by atoms with Gasteiger partial charge in [0.05, 0.1) is 0 Å². The summed E-state index contributed by atoms with van der Waals surface area (Å²) in [6.45, 7) is 4.23. The van der Waals surface area contributed by atoms with E-state index >= 15 is 0 Å². The maximum Gasteiger partial charge on any atom is 0.176 e. The maximum atomic E-state index is 4.95. The highest BCUT2D eigenvalue weighted by Crippen LogP contribution is 2.22. The van der Waals surface area contributed by atoms with Crippen molar-refractivity contribution < 1.29 is 0 Å². The quantitative estimate of drug-likeness (QED) is 0.774. The average molecular weight is 226 g/mol. The highest BCUT2D eigenvalue weighted by molar-refractivity contribution is 7.73. The first-order valence-electron chi connectivity index (χ1n) is 4.28. The number of aromatic amines is 2. The normalized spacial score (nSPS) is 11.1. The van der Waals surface area contributed by atoms with Gasteiger partial charge in [0.15, 0.2) is 8.96 Å². The summed E-state index contributed by atoms with van der Waals surface area (Å²) in [5.74, 6) is 0.447. The van der Waals surface area contributed by atoms with Gasteiger partial charge < -0.3 is 0 Å². The molecule has 0 fully saturated rings. The highest BCUT2D eigenvalue weighted by Gasteiger charge is 2.08. The molecular formula is C8H10N4S2. The van der Waals surface area contributed by atoms with Crippen LogP contribution in [0.2, 0.25) is 0 Å². The van der Waals surface area contributed by atoms with E-state index in [0.717, 1.165) is 16.4 Å². The molecule has 0 aliphatic carbocycles. The molecule has 0 radical (unpaired) electrons. The van der Waals surface area contributed by atoms with Gasteiger partial charge in [-0.2, -0.15) is 10.2 Å². The van der Waals surface area contributed by atoms with E-state index in [1.165, 1.54) is 11.3 Å². The van der Waals surface area contributed by atoms with E-state index in [-0.39, 0.29) is 0 Å². The molecule has 0 spiro atoms. The summed E-state index contributed by atoms with van der Waals surface area (Å²) >= 11 is 6.39. The van der Waals surface area contributed by atoms with Gasteiger partial charge in [0.2, 0.25) is 0 Å². The first-order valence-corrected chi connectivity index (χ1v) is 5.50. The molecule has 0 amide bonds. The van der Waals surface area contributed by atoms with Gasteiger partial charge in [-0.15, -0.1) is 0 Å². The van der Waals surface area contributed by atoms with E-state index in [9.17, 15) is 0 Å². The molecule has 6 heteroatoms. The molecule has 2 rings (SSSR count). The minimum absolute atomic E-state index is 0.447. The molecule has 74 valence electrons. The van der Waals surface area contributed by atoms with Gasteiger partial charge in [-0.3, -0.25) is 10.2 Å². The third kappa shape index (κ3) is 1.76. The summed E-state index contributed by atoms with van der Waals surface area (Å²) in [6, 6.07) is 2.01. The van der Waals surface area contributed by atoms with E-state index in [2.05, 4.69) is 34.2 Å². The van der Waals surface area contributed by atoms with Crippen LogP contribution in [-0.2, 0) is 0 Å². The minimum Gasteiger partial charge on any atom is -0.282 e. The van der Waals surface area contributed by atoms with Crippen molar-refractivity contribution in [2.45, 2.75) is 19.8 Å². The number of nitrogens with zero attached hydrogens (tertiary/aromatic N) is 2. The molecule has 0 saturated carbocycles. The second kappa shape index (κ2) is 3.62. The van der Waals surface area contributed by atoms with Crippen molar-refractivity contribution in [3.8, 4) is 10.7 Å². The molecule has 0 bridgehead atoms. The van der Waals surface area contributed by atoms with Crippen molar-refractivity contribution in [1.82, 2.24) is 20.4 Å². The zero-order valence-corrected chi connectivity index (χ0v) is 9.50. The van der Waals surface area contributed by atoms with Crippen molar-refractivity contribution in [2.24, 2.45) is 0 Å². The number of H-pyrrole nitrogens is 2. The first-order chi connectivity index (χ1) is 6.66. The first kappa shape index (κ1) is 9.54. The Kier molecular flexibility index (Phi) is 2.47. The van der Waals surface area contributed by atoms with E-state index in [4.69, 9.17) is 12.2 Å². The second-order valence-electron chi connectivity index (χ2n) is 3.28. The van der Waals surface area contributed by atoms with E-state index < -0.39 is 0 Å². The Morgan fingerprint density at radius 3 is 2.64 bits per heavy atom. The Morgan fingerprint density at radius 1 is 1.36 bits per heavy atom. The number of hydrogen-bond acceptors (Lipinski definition) is 4. The molecule has 2 heterocycles. The minimum atomic E-state index is 0.447. The molecular weight excluding hydrogens is 216 g/mol. The van der Waals surface area contributed by atoms with Crippen LogP contribution in [0, 0.1) is 3.95 Å². The number of hydrogen-bond donors (Lipinski definition) is 2. The molecule has 4 nitrogen and oxygen atoms in total. The van der Waals surface area contributed by atoms with Crippen LogP contribution in [0.3, 0.4) is 0 Å². The standard InChI is InChI=1S/C8H10N4S2/c1-4(2)5-3-6(10-9-5)7-11-12-8(13)14-7/h3-4H,1-2H3,(H,9,10)(H,12,13). The van der Waals surface area contributed by atoms with Crippen molar-refractivity contribution in [2.75, 3.05) is 0 Å². The maximum absolute atomic E-state index is 4.95.